The summed E-state index contributed by atoms with van der Waals surface area (Å²) in [7, 11) is -3.06. The summed E-state index contributed by atoms with van der Waals surface area (Å²) < 4.78 is 33.1. The number of hydrogen-bond acceptors (Lipinski definition) is 6. The standard InChI is InChI=1S/C17H23NO6S/c1-12(2)23-9-13-3-5-14(6-4-13)17(20)24-10-16(19)18-15-7-8-25(21,22)11-15/h3-6,12,15H,7-11H2,1-2H3,(H,18,19)/t15-/m1/s1. The van der Waals surface area contributed by atoms with Gasteiger partial charge in [0, 0.05) is 6.04 Å². The Hall–Kier alpha value is -1.93. The molecule has 1 aromatic rings. The Bertz CT molecular complexity index is 711. The van der Waals surface area contributed by atoms with Crippen LogP contribution in [0, 0.1) is 0 Å². The summed E-state index contributed by atoms with van der Waals surface area (Å²) in [4.78, 5) is 23.7. The number of ether oxygens (including phenoxy) is 2. The molecule has 7 nitrogen and oxygen atoms in total. The minimum Gasteiger partial charge on any atom is -0.452 e. The van der Waals surface area contributed by atoms with Gasteiger partial charge in [0.05, 0.1) is 29.8 Å². The second-order valence-electron chi connectivity index (χ2n) is 6.30. The lowest BCUT2D eigenvalue weighted by atomic mass is 10.1. The molecule has 0 aromatic heterocycles. The zero-order valence-corrected chi connectivity index (χ0v) is 15.2. The van der Waals surface area contributed by atoms with Crippen LogP contribution in [0.2, 0.25) is 0 Å². The normalized spacial score (nSPS) is 18.9. The second kappa shape index (κ2) is 8.44. The average molecular weight is 369 g/mol. The van der Waals surface area contributed by atoms with Gasteiger partial charge in [-0.1, -0.05) is 12.1 Å². The third-order valence-corrected chi connectivity index (χ3v) is 5.47. The number of nitrogens with one attached hydrogen (secondary N) is 1. The molecule has 0 radical (unpaired) electrons. The molecule has 0 spiro atoms. The number of carbonyl (C=O) groups is 2. The van der Waals surface area contributed by atoms with Crippen molar-refractivity contribution in [2.24, 2.45) is 0 Å². The van der Waals surface area contributed by atoms with E-state index in [1.165, 1.54) is 0 Å². The van der Waals surface area contributed by atoms with Crippen LogP contribution in [-0.2, 0) is 30.7 Å². The van der Waals surface area contributed by atoms with E-state index in [-0.39, 0.29) is 17.6 Å². The van der Waals surface area contributed by atoms with Crippen LogP contribution in [-0.4, -0.2) is 50.6 Å². The maximum atomic E-state index is 11.9. The first-order chi connectivity index (χ1) is 11.7. The molecule has 1 atom stereocenters. The number of benzene rings is 1. The third kappa shape index (κ3) is 6.47. The molecule has 0 bridgehead atoms. The Kier molecular flexibility index (Phi) is 6.55. The molecular weight excluding hydrogens is 346 g/mol. The highest BCUT2D eigenvalue weighted by atomic mass is 32.2. The molecule has 25 heavy (non-hydrogen) atoms. The molecule has 1 aromatic carbocycles. The van der Waals surface area contributed by atoms with Crippen molar-refractivity contribution in [2.45, 2.75) is 39.0 Å². The molecule has 0 saturated carbocycles. The lowest BCUT2D eigenvalue weighted by molar-refractivity contribution is -0.124. The highest BCUT2D eigenvalue weighted by molar-refractivity contribution is 7.91. The largest absolute Gasteiger partial charge is 0.452 e. The molecule has 1 saturated heterocycles. The number of esters is 1. The van der Waals surface area contributed by atoms with Crippen molar-refractivity contribution in [3.8, 4) is 0 Å². The Morgan fingerprint density at radius 2 is 1.92 bits per heavy atom. The molecule has 8 heteroatoms. The fourth-order valence-electron chi connectivity index (χ4n) is 2.39. The van der Waals surface area contributed by atoms with E-state index in [4.69, 9.17) is 9.47 Å². The summed E-state index contributed by atoms with van der Waals surface area (Å²) in [5.41, 5.74) is 1.27. The van der Waals surface area contributed by atoms with Gasteiger partial charge in [-0.05, 0) is 38.0 Å². The van der Waals surface area contributed by atoms with E-state index < -0.39 is 34.4 Å². The predicted molar refractivity (Wildman–Crippen MR) is 91.9 cm³/mol. The summed E-state index contributed by atoms with van der Waals surface area (Å²) in [5.74, 6) is -1.10. The first-order valence-corrected chi connectivity index (χ1v) is 9.95. The van der Waals surface area contributed by atoms with E-state index in [2.05, 4.69) is 5.32 Å². The van der Waals surface area contributed by atoms with Crippen molar-refractivity contribution in [2.75, 3.05) is 18.1 Å². The van der Waals surface area contributed by atoms with Gasteiger partial charge in [-0.15, -0.1) is 0 Å². The molecule has 1 N–H and O–H groups in total. The fraction of sp³-hybridized carbons (Fsp3) is 0.529. The molecular formula is C17H23NO6S. The monoisotopic (exact) mass is 369 g/mol. The lowest BCUT2D eigenvalue weighted by Crippen LogP contribution is -2.38. The van der Waals surface area contributed by atoms with Gasteiger partial charge in [-0.25, -0.2) is 13.2 Å². The minimum absolute atomic E-state index is 0.0629. The molecule has 1 amide bonds. The first kappa shape index (κ1) is 19.4. The van der Waals surface area contributed by atoms with Gasteiger partial charge in [0.2, 0.25) is 0 Å². The van der Waals surface area contributed by atoms with E-state index in [9.17, 15) is 18.0 Å². The van der Waals surface area contributed by atoms with Crippen LogP contribution in [0.15, 0.2) is 24.3 Å². The zero-order valence-electron chi connectivity index (χ0n) is 14.4. The van der Waals surface area contributed by atoms with Crippen LogP contribution in [0.3, 0.4) is 0 Å². The number of hydrogen-bond donors (Lipinski definition) is 1. The zero-order chi connectivity index (χ0) is 18.4. The van der Waals surface area contributed by atoms with Crippen molar-refractivity contribution >= 4 is 21.7 Å². The summed E-state index contributed by atoms with van der Waals surface area (Å²) in [6.45, 7) is 3.91. The molecule has 138 valence electrons. The molecule has 2 rings (SSSR count). The molecule has 0 unspecified atom stereocenters. The highest BCUT2D eigenvalue weighted by Gasteiger charge is 2.29. The van der Waals surface area contributed by atoms with Crippen LogP contribution in [0.25, 0.3) is 0 Å². The van der Waals surface area contributed by atoms with Gasteiger partial charge < -0.3 is 14.8 Å². The van der Waals surface area contributed by atoms with Crippen molar-refractivity contribution in [1.29, 1.82) is 0 Å². The summed E-state index contributed by atoms with van der Waals surface area (Å²) in [6, 6.07) is 6.35. The van der Waals surface area contributed by atoms with Gasteiger partial charge in [0.25, 0.3) is 5.91 Å². The van der Waals surface area contributed by atoms with Crippen LogP contribution in [0.4, 0.5) is 0 Å². The maximum absolute atomic E-state index is 11.9. The molecule has 1 heterocycles. The predicted octanol–water partition coefficient (Wildman–Crippen LogP) is 1.07. The second-order valence-corrected chi connectivity index (χ2v) is 8.53. The summed E-state index contributed by atoms with van der Waals surface area (Å²) >= 11 is 0. The molecule has 1 fully saturated rings. The van der Waals surface area contributed by atoms with Crippen LogP contribution < -0.4 is 5.32 Å². The van der Waals surface area contributed by atoms with Crippen molar-refractivity contribution < 1.29 is 27.5 Å². The van der Waals surface area contributed by atoms with Gasteiger partial charge in [-0.2, -0.15) is 0 Å². The van der Waals surface area contributed by atoms with Crippen molar-refractivity contribution in [1.82, 2.24) is 5.32 Å². The summed E-state index contributed by atoms with van der Waals surface area (Å²) in [6.07, 6.45) is 0.514. The molecule has 1 aliphatic heterocycles. The molecule has 0 aliphatic carbocycles. The van der Waals surface area contributed by atoms with Crippen molar-refractivity contribution in [3.63, 3.8) is 0 Å². The Balaban J connectivity index is 1.77. The van der Waals surface area contributed by atoms with Gasteiger partial charge in [0.1, 0.15) is 0 Å². The number of carbonyl (C=O) groups excluding carboxylic acids is 2. The number of amides is 1. The van der Waals surface area contributed by atoms with Crippen LogP contribution in [0.5, 0.6) is 0 Å². The van der Waals surface area contributed by atoms with Gasteiger partial charge in [0.15, 0.2) is 16.4 Å². The smallest absolute Gasteiger partial charge is 0.338 e. The molecule has 1 aliphatic rings. The Morgan fingerprint density at radius 3 is 2.48 bits per heavy atom. The van der Waals surface area contributed by atoms with Crippen LogP contribution in [0.1, 0.15) is 36.2 Å². The number of rotatable bonds is 7. The topological polar surface area (TPSA) is 98.8 Å². The first-order valence-electron chi connectivity index (χ1n) is 8.12. The van der Waals surface area contributed by atoms with E-state index in [1.807, 2.05) is 13.8 Å². The van der Waals surface area contributed by atoms with Crippen molar-refractivity contribution in [3.05, 3.63) is 35.4 Å². The van der Waals surface area contributed by atoms with Crippen LogP contribution >= 0.6 is 0 Å². The van der Waals surface area contributed by atoms with Gasteiger partial charge in [-0.3, -0.25) is 4.79 Å². The average Bonchev–Trinajstić information content (AvgIpc) is 2.89. The third-order valence-electron chi connectivity index (χ3n) is 3.70. The minimum atomic E-state index is -3.06. The van der Waals surface area contributed by atoms with E-state index >= 15 is 0 Å². The summed E-state index contributed by atoms with van der Waals surface area (Å²) in [5, 5.41) is 2.57. The maximum Gasteiger partial charge on any atom is 0.338 e. The van der Waals surface area contributed by atoms with Gasteiger partial charge >= 0.3 is 5.97 Å². The van der Waals surface area contributed by atoms with E-state index in [0.717, 1.165) is 5.56 Å². The number of sulfone groups is 1. The Morgan fingerprint density at radius 1 is 1.24 bits per heavy atom. The Labute approximate surface area is 147 Å². The quantitative estimate of drug-likeness (QED) is 0.722. The van der Waals surface area contributed by atoms with E-state index in [0.29, 0.717) is 18.6 Å². The fourth-order valence-corrected chi connectivity index (χ4v) is 4.07. The SMILES string of the molecule is CC(C)OCc1ccc(C(=O)OCC(=O)N[C@@H]2CCS(=O)(=O)C2)cc1. The lowest BCUT2D eigenvalue weighted by Gasteiger charge is -2.11. The van der Waals surface area contributed by atoms with E-state index in [1.54, 1.807) is 24.3 Å². The highest BCUT2D eigenvalue weighted by Crippen LogP contribution is 2.11.